The van der Waals surface area contributed by atoms with Gasteiger partial charge in [0.15, 0.2) is 0 Å². The molecule has 4 N–H and O–H groups in total. The normalized spacial score (nSPS) is 10.9. The Morgan fingerprint density at radius 3 is 2.47 bits per heavy atom. The first-order valence-electron chi connectivity index (χ1n) is 11.0. The molecule has 2 aromatic carbocycles. The fourth-order valence-electron chi connectivity index (χ4n) is 3.90. The van der Waals surface area contributed by atoms with Gasteiger partial charge in [0.2, 0.25) is 5.88 Å². The van der Waals surface area contributed by atoms with E-state index in [9.17, 15) is 9.18 Å². The van der Waals surface area contributed by atoms with E-state index in [1.54, 1.807) is 61.2 Å². The van der Waals surface area contributed by atoms with Crippen LogP contribution >= 0.6 is 11.3 Å². The molecule has 0 aliphatic carbocycles. The van der Waals surface area contributed by atoms with Gasteiger partial charge < -0.3 is 21.1 Å². The number of aromatic nitrogens is 2. The van der Waals surface area contributed by atoms with Gasteiger partial charge in [-0.25, -0.2) is 19.2 Å². The predicted molar refractivity (Wildman–Crippen MR) is 143 cm³/mol. The Bertz CT molecular complexity index is 1570. The number of halogens is 1. The van der Waals surface area contributed by atoms with E-state index in [1.165, 1.54) is 6.07 Å². The van der Waals surface area contributed by atoms with Crippen LogP contribution in [0.3, 0.4) is 0 Å². The van der Waals surface area contributed by atoms with Crippen molar-refractivity contribution < 1.29 is 13.9 Å². The second-order valence-corrected chi connectivity index (χ2v) is 9.02. The highest BCUT2D eigenvalue weighted by atomic mass is 32.1. The summed E-state index contributed by atoms with van der Waals surface area (Å²) in [7, 11) is 1.58. The number of carbonyl (C=O) groups excluding carboxylic acids is 1. The number of urea groups is 1. The van der Waals surface area contributed by atoms with E-state index >= 15 is 0 Å². The minimum Gasteiger partial charge on any atom is -0.481 e. The molecule has 0 unspecified atom stereocenters. The molecule has 0 fully saturated rings. The lowest BCUT2D eigenvalue weighted by Crippen LogP contribution is -2.20. The van der Waals surface area contributed by atoms with Gasteiger partial charge >= 0.3 is 6.03 Å². The maximum absolute atomic E-state index is 13.9. The van der Waals surface area contributed by atoms with E-state index in [0.29, 0.717) is 17.4 Å². The summed E-state index contributed by atoms with van der Waals surface area (Å²) in [5.74, 6) is 0.483. The SMILES string of the molecule is COc1ccc(-c2cnc(N)c3c(-c4ccc(NC(=O)Nc5cc(C)ccc5F)cc4)csc23)cn1. The third kappa shape index (κ3) is 4.56. The van der Waals surface area contributed by atoms with Crippen LogP contribution < -0.4 is 21.1 Å². The van der Waals surface area contributed by atoms with Crippen LogP contribution in [0.25, 0.3) is 32.3 Å². The van der Waals surface area contributed by atoms with Crippen molar-refractivity contribution >= 4 is 44.6 Å². The molecule has 5 aromatic rings. The molecule has 0 aliphatic heterocycles. The maximum atomic E-state index is 13.9. The topological polar surface area (TPSA) is 102 Å². The Morgan fingerprint density at radius 1 is 0.972 bits per heavy atom. The van der Waals surface area contributed by atoms with Crippen molar-refractivity contribution in [3.63, 3.8) is 0 Å². The molecule has 0 saturated heterocycles. The first-order chi connectivity index (χ1) is 17.4. The third-order valence-corrected chi connectivity index (χ3v) is 6.72. The van der Waals surface area contributed by atoms with E-state index in [0.717, 1.165) is 37.9 Å². The van der Waals surface area contributed by atoms with Gasteiger partial charge in [0.05, 0.1) is 12.8 Å². The minimum absolute atomic E-state index is 0.125. The summed E-state index contributed by atoms with van der Waals surface area (Å²) in [6.45, 7) is 1.83. The van der Waals surface area contributed by atoms with Crippen LogP contribution in [0.1, 0.15) is 5.56 Å². The highest BCUT2D eigenvalue weighted by molar-refractivity contribution is 7.18. The van der Waals surface area contributed by atoms with Gasteiger partial charge in [0.25, 0.3) is 0 Å². The second-order valence-electron chi connectivity index (χ2n) is 8.14. The van der Waals surface area contributed by atoms with Crippen molar-refractivity contribution in [2.45, 2.75) is 6.92 Å². The zero-order valence-electron chi connectivity index (χ0n) is 19.5. The van der Waals surface area contributed by atoms with Crippen molar-refractivity contribution in [3.05, 3.63) is 83.8 Å². The molecular formula is C27H22FN5O2S. The number of amides is 2. The van der Waals surface area contributed by atoms with Gasteiger partial charge in [0, 0.05) is 50.9 Å². The number of carbonyl (C=O) groups is 1. The number of nitrogen functional groups attached to an aromatic ring is 1. The van der Waals surface area contributed by atoms with Crippen LogP contribution in [-0.4, -0.2) is 23.1 Å². The number of nitrogens with zero attached hydrogens (tertiary/aromatic N) is 2. The first-order valence-corrected chi connectivity index (χ1v) is 11.9. The largest absolute Gasteiger partial charge is 0.481 e. The molecule has 180 valence electrons. The van der Waals surface area contributed by atoms with Gasteiger partial charge in [-0.1, -0.05) is 18.2 Å². The number of benzene rings is 2. The molecule has 0 aliphatic rings. The van der Waals surface area contributed by atoms with E-state index in [1.807, 2.05) is 30.5 Å². The number of nitrogens with two attached hydrogens (primary N) is 1. The molecule has 0 radical (unpaired) electrons. The lowest BCUT2D eigenvalue weighted by Gasteiger charge is -2.10. The van der Waals surface area contributed by atoms with Crippen molar-refractivity contribution in [2.75, 3.05) is 23.5 Å². The molecular weight excluding hydrogens is 477 g/mol. The van der Waals surface area contributed by atoms with Crippen LogP contribution in [0.5, 0.6) is 5.88 Å². The molecule has 0 saturated carbocycles. The van der Waals surface area contributed by atoms with Gasteiger partial charge in [-0.15, -0.1) is 11.3 Å². The Balaban J connectivity index is 1.39. The van der Waals surface area contributed by atoms with E-state index < -0.39 is 11.8 Å². The lowest BCUT2D eigenvalue weighted by atomic mass is 10.0. The summed E-state index contributed by atoms with van der Waals surface area (Å²) >= 11 is 1.58. The number of methoxy groups -OCH3 is 1. The van der Waals surface area contributed by atoms with Gasteiger partial charge in [0.1, 0.15) is 11.6 Å². The molecule has 36 heavy (non-hydrogen) atoms. The van der Waals surface area contributed by atoms with Gasteiger partial charge in [-0.05, 0) is 53.8 Å². The smallest absolute Gasteiger partial charge is 0.323 e. The quantitative estimate of drug-likeness (QED) is 0.249. The first kappa shape index (κ1) is 23.3. The Morgan fingerprint density at radius 2 is 1.75 bits per heavy atom. The average Bonchev–Trinajstić information content (AvgIpc) is 3.33. The summed E-state index contributed by atoms with van der Waals surface area (Å²) in [6.07, 6.45) is 3.50. The summed E-state index contributed by atoms with van der Waals surface area (Å²) < 4.78 is 20.1. The number of fused-ring (bicyclic) bond motifs is 1. The average molecular weight is 500 g/mol. The van der Waals surface area contributed by atoms with Gasteiger partial charge in [-0.2, -0.15) is 0 Å². The number of hydrogen-bond donors (Lipinski definition) is 3. The monoisotopic (exact) mass is 499 g/mol. The summed E-state index contributed by atoms with van der Waals surface area (Å²) in [4.78, 5) is 21.1. The molecule has 2 amide bonds. The van der Waals surface area contributed by atoms with E-state index in [2.05, 4.69) is 20.6 Å². The van der Waals surface area contributed by atoms with Crippen molar-refractivity contribution in [1.29, 1.82) is 0 Å². The fourth-order valence-corrected chi connectivity index (χ4v) is 5.02. The minimum atomic E-state index is -0.528. The number of hydrogen-bond acceptors (Lipinski definition) is 6. The third-order valence-electron chi connectivity index (χ3n) is 5.70. The number of rotatable bonds is 5. The number of thiophene rings is 1. The fraction of sp³-hybridized carbons (Fsp3) is 0.0741. The molecule has 5 rings (SSSR count). The molecule has 0 spiro atoms. The number of ether oxygens (including phenoxy) is 1. The van der Waals surface area contributed by atoms with Crippen LogP contribution in [0.15, 0.2) is 72.4 Å². The van der Waals surface area contributed by atoms with Crippen LogP contribution in [0, 0.1) is 12.7 Å². The zero-order chi connectivity index (χ0) is 25.2. The number of pyridine rings is 2. The summed E-state index contributed by atoms with van der Waals surface area (Å²) in [6, 6.07) is 15.1. The molecule has 0 atom stereocenters. The maximum Gasteiger partial charge on any atom is 0.323 e. The Kier molecular flexibility index (Phi) is 6.22. The summed E-state index contributed by atoms with van der Waals surface area (Å²) in [5.41, 5.74) is 11.5. The number of nitrogens with one attached hydrogen (secondary N) is 2. The Labute approximate surface area is 210 Å². The standard InChI is InChI=1S/C27H22FN5O2S/c1-15-3-9-21(28)22(11-15)33-27(34)32-18-7-4-16(5-8-18)20-14-36-25-19(13-31-26(29)24(20)25)17-6-10-23(35-2)30-12-17/h3-14H,1-2H3,(H2,29,31)(H2,32,33,34). The Hall–Kier alpha value is -4.50. The molecule has 0 bridgehead atoms. The highest BCUT2D eigenvalue weighted by Gasteiger charge is 2.16. The van der Waals surface area contributed by atoms with E-state index in [-0.39, 0.29) is 5.69 Å². The van der Waals surface area contributed by atoms with Crippen LogP contribution in [0.4, 0.5) is 26.4 Å². The lowest BCUT2D eigenvalue weighted by molar-refractivity contribution is 0.262. The predicted octanol–water partition coefficient (Wildman–Crippen LogP) is 6.71. The van der Waals surface area contributed by atoms with Crippen molar-refractivity contribution in [2.24, 2.45) is 0 Å². The number of anilines is 3. The van der Waals surface area contributed by atoms with Crippen molar-refractivity contribution in [3.8, 4) is 28.1 Å². The van der Waals surface area contributed by atoms with Crippen LogP contribution in [0.2, 0.25) is 0 Å². The molecule has 7 nitrogen and oxygen atoms in total. The van der Waals surface area contributed by atoms with Crippen LogP contribution in [-0.2, 0) is 0 Å². The number of aryl methyl sites for hydroxylation is 1. The van der Waals surface area contributed by atoms with Gasteiger partial charge in [-0.3, -0.25) is 0 Å². The molecule has 9 heteroatoms. The highest BCUT2D eigenvalue weighted by Crippen LogP contribution is 2.41. The van der Waals surface area contributed by atoms with E-state index in [4.69, 9.17) is 10.5 Å². The molecule has 3 heterocycles. The summed E-state index contributed by atoms with van der Waals surface area (Å²) in [5, 5.41) is 8.17. The zero-order valence-corrected chi connectivity index (χ0v) is 20.3. The van der Waals surface area contributed by atoms with Crippen molar-refractivity contribution in [1.82, 2.24) is 9.97 Å². The molecule has 3 aromatic heterocycles. The second kappa shape index (κ2) is 9.63.